The summed E-state index contributed by atoms with van der Waals surface area (Å²) in [7, 11) is 0. The topological polar surface area (TPSA) is 29.5 Å². The Hall–Kier alpha value is -1.12. The first-order valence-corrected chi connectivity index (χ1v) is 10.9. The van der Waals surface area contributed by atoms with Crippen LogP contribution in [-0.2, 0) is 11.3 Å². The lowest BCUT2D eigenvalue weighted by Crippen LogP contribution is -2.42. The molecule has 2 saturated carbocycles. The van der Waals surface area contributed by atoms with Crippen LogP contribution in [0.4, 0.5) is 0 Å². The minimum atomic E-state index is -0.242. The van der Waals surface area contributed by atoms with Gasteiger partial charge in [0.05, 0.1) is 18.8 Å². The third-order valence-electron chi connectivity index (χ3n) is 7.36. The highest BCUT2D eigenvalue weighted by Crippen LogP contribution is 2.58. The van der Waals surface area contributed by atoms with Gasteiger partial charge in [0.1, 0.15) is 0 Å². The molecule has 1 aromatic rings. The summed E-state index contributed by atoms with van der Waals surface area (Å²) in [5, 5.41) is 10.4. The van der Waals surface area contributed by atoms with Crippen molar-refractivity contribution in [3.63, 3.8) is 0 Å². The van der Waals surface area contributed by atoms with Crippen LogP contribution in [0.5, 0.6) is 0 Å². The number of rotatable bonds is 8. The molecule has 2 fully saturated rings. The fourth-order valence-electron chi connectivity index (χ4n) is 6.15. The summed E-state index contributed by atoms with van der Waals surface area (Å²) >= 11 is 0. The zero-order valence-electron chi connectivity index (χ0n) is 17.5. The van der Waals surface area contributed by atoms with Crippen molar-refractivity contribution >= 4 is 0 Å². The maximum absolute atomic E-state index is 10.4. The first-order valence-electron chi connectivity index (χ1n) is 10.9. The SMILES string of the molecule is C=C(C)C[C@@H](O)C[C@@H](C)C1CCC2[C@@H](OCc3ccccc3)CCC[C@]12C. The van der Waals surface area contributed by atoms with Crippen molar-refractivity contribution in [2.45, 2.75) is 84.5 Å². The van der Waals surface area contributed by atoms with Gasteiger partial charge in [0.15, 0.2) is 0 Å². The lowest BCUT2D eigenvalue weighted by atomic mass is 9.61. The predicted octanol–water partition coefficient (Wildman–Crippen LogP) is 6.14. The van der Waals surface area contributed by atoms with Gasteiger partial charge in [-0.05, 0) is 74.2 Å². The molecular weight excluding hydrogens is 332 g/mol. The Morgan fingerprint density at radius 1 is 1.26 bits per heavy atom. The maximum atomic E-state index is 10.4. The van der Waals surface area contributed by atoms with E-state index in [9.17, 15) is 5.11 Å². The molecule has 2 heteroatoms. The lowest BCUT2D eigenvalue weighted by Gasteiger charge is -2.46. The fraction of sp³-hybridized carbons (Fsp3) is 0.680. The van der Waals surface area contributed by atoms with Crippen molar-refractivity contribution in [2.75, 3.05) is 0 Å². The molecule has 0 radical (unpaired) electrons. The van der Waals surface area contributed by atoms with Crippen LogP contribution >= 0.6 is 0 Å². The van der Waals surface area contributed by atoms with Crippen LogP contribution in [0.3, 0.4) is 0 Å². The van der Waals surface area contributed by atoms with Gasteiger partial charge < -0.3 is 9.84 Å². The van der Waals surface area contributed by atoms with Crippen LogP contribution in [0, 0.1) is 23.2 Å². The number of fused-ring (bicyclic) bond motifs is 1. The summed E-state index contributed by atoms with van der Waals surface area (Å²) in [5.74, 6) is 1.92. The Morgan fingerprint density at radius 3 is 2.70 bits per heavy atom. The number of ether oxygens (including phenoxy) is 1. The van der Waals surface area contributed by atoms with Crippen molar-refractivity contribution in [2.24, 2.45) is 23.2 Å². The summed E-state index contributed by atoms with van der Waals surface area (Å²) in [6, 6.07) is 10.6. The number of aliphatic hydroxyl groups is 1. The van der Waals surface area contributed by atoms with Crippen LogP contribution in [0.1, 0.15) is 71.3 Å². The first-order chi connectivity index (χ1) is 12.9. The van der Waals surface area contributed by atoms with Crippen molar-refractivity contribution in [3.8, 4) is 0 Å². The van der Waals surface area contributed by atoms with E-state index in [2.05, 4.69) is 50.8 Å². The third kappa shape index (κ3) is 4.84. The van der Waals surface area contributed by atoms with E-state index in [1.807, 2.05) is 6.92 Å². The highest BCUT2D eigenvalue weighted by molar-refractivity contribution is 5.13. The summed E-state index contributed by atoms with van der Waals surface area (Å²) in [6.07, 6.45) is 8.13. The summed E-state index contributed by atoms with van der Waals surface area (Å²) < 4.78 is 6.45. The van der Waals surface area contributed by atoms with Crippen LogP contribution in [0.2, 0.25) is 0 Å². The molecule has 1 N–H and O–H groups in total. The molecule has 0 spiro atoms. The van der Waals surface area contributed by atoms with E-state index in [0.717, 1.165) is 25.0 Å². The highest BCUT2D eigenvalue weighted by atomic mass is 16.5. The molecule has 150 valence electrons. The highest BCUT2D eigenvalue weighted by Gasteiger charge is 2.52. The van der Waals surface area contributed by atoms with Gasteiger partial charge in [-0.1, -0.05) is 56.2 Å². The lowest BCUT2D eigenvalue weighted by molar-refractivity contribution is -0.0779. The van der Waals surface area contributed by atoms with E-state index in [-0.39, 0.29) is 6.10 Å². The monoisotopic (exact) mass is 370 g/mol. The minimum absolute atomic E-state index is 0.242. The Bertz CT molecular complexity index is 610. The zero-order valence-corrected chi connectivity index (χ0v) is 17.5. The standard InChI is InChI=1S/C25H38O2/c1-18(2)15-21(26)16-19(3)22-12-13-23-24(11-8-14-25(22,23)4)27-17-20-9-6-5-7-10-20/h5-7,9-10,19,21-24,26H,1,8,11-17H2,2-4H3/t19-,21-,22?,23?,24+,25-/m1/s1. The second kappa shape index (κ2) is 8.92. The summed E-state index contributed by atoms with van der Waals surface area (Å²) in [5.41, 5.74) is 2.72. The zero-order chi connectivity index (χ0) is 19.4. The van der Waals surface area contributed by atoms with Gasteiger partial charge >= 0.3 is 0 Å². The molecule has 0 saturated heterocycles. The van der Waals surface area contributed by atoms with E-state index < -0.39 is 0 Å². The van der Waals surface area contributed by atoms with Crippen molar-refractivity contribution in [1.82, 2.24) is 0 Å². The Morgan fingerprint density at radius 2 is 2.00 bits per heavy atom. The molecule has 0 heterocycles. The Balaban J connectivity index is 1.61. The van der Waals surface area contributed by atoms with E-state index in [1.54, 1.807) is 0 Å². The van der Waals surface area contributed by atoms with Gasteiger partial charge in [-0.2, -0.15) is 0 Å². The fourth-order valence-corrected chi connectivity index (χ4v) is 6.15. The van der Waals surface area contributed by atoms with E-state index in [1.165, 1.54) is 37.7 Å². The van der Waals surface area contributed by atoms with E-state index in [0.29, 0.717) is 29.3 Å². The Labute approximate surface area is 166 Å². The van der Waals surface area contributed by atoms with E-state index in [4.69, 9.17) is 4.74 Å². The molecule has 6 atom stereocenters. The molecule has 2 unspecified atom stereocenters. The number of benzene rings is 1. The molecule has 3 rings (SSSR count). The van der Waals surface area contributed by atoms with Gasteiger partial charge in [-0.3, -0.25) is 0 Å². The Kier molecular flexibility index (Phi) is 6.81. The van der Waals surface area contributed by atoms with Crippen LogP contribution in [0.25, 0.3) is 0 Å². The minimum Gasteiger partial charge on any atom is -0.393 e. The van der Waals surface area contributed by atoms with Gasteiger partial charge in [-0.15, -0.1) is 6.58 Å². The quantitative estimate of drug-likeness (QED) is 0.557. The number of aliphatic hydroxyl groups excluding tert-OH is 1. The van der Waals surface area contributed by atoms with Crippen LogP contribution < -0.4 is 0 Å². The largest absolute Gasteiger partial charge is 0.393 e. The average molecular weight is 371 g/mol. The molecule has 0 bridgehead atoms. The summed E-state index contributed by atoms with van der Waals surface area (Å²) in [6.45, 7) is 11.6. The molecule has 0 aliphatic heterocycles. The number of hydrogen-bond acceptors (Lipinski definition) is 2. The first kappa shape index (κ1) is 20.6. The smallest absolute Gasteiger partial charge is 0.0720 e. The molecule has 0 amide bonds. The molecular formula is C25H38O2. The third-order valence-corrected chi connectivity index (χ3v) is 7.36. The second-order valence-electron chi connectivity index (χ2n) is 9.55. The van der Waals surface area contributed by atoms with Gasteiger partial charge in [0, 0.05) is 0 Å². The van der Waals surface area contributed by atoms with E-state index >= 15 is 0 Å². The van der Waals surface area contributed by atoms with Crippen molar-refractivity contribution in [3.05, 3.63) is 48.0 Å². The van der Waals surface area contributed by atoms with Gasteiger partial charge in [0.25, 0.3) is 0 Å². The molecule has 0 aromatic heterocycles. The maximum Gasteiger partial charge on any atom is 0.0720 e. The van der Waals surface area contributed by atoms with Crippen molar-refractivity contribution in [1.29, 1.82) is 0 Å². The molecule has 2 aliphatic carbocycles. The van der Waals surface area contributed by atoms with Gasteiger partial charge in [0.2, 0.25) is 0 Å². The normalized spacial score (nSPS) is 32.7. The summed E-state index contributed by atoms with van der Waals surface area (Å²) in [4.78, 5) is 0. The van der Waals surface area contributed by atoms with Crippen LogP contribution in [-0.4, -0.2) is 17.3 Å². The van der Waals surface area contributed by atoms with Crippen molar-refractivity contribution < 1.29 is 9.84 Å². The average Bonchev–Trinajstić information content (AvgIpc) is 2.97. The molecule has 2 aliphatic rings. The second-order valence-corrected chi connectivity index (χ2v) is 9.55. The molecule has 1 aromatic carbocycles. The molecule has 2 nitrogen and oxygen atoms in total. The van der Waals surface area contributed by atoms with Gasteiger partial charge in [-0.25, -0.2) is 0 Å². The van der Waals surface area contributed by atoms with Crippen LogP contribution in [0.15, 0.2) is 42.5 Å². The molecule has 27 heavy (non-hydrogen) atoms. The number of hydrogen-bond donors (Lipinski definition) is 1. The predicted molar refractivity (Wildman–Crippen MR) is 112 cm³/mol.